The van der Waals surface area contributed by atoms with Gasteiger partial charge in [0, 0.05) is 29.4 Å². The molecule has 1 heterocycles. The highest BCUT2D eigenvalue weighted by Gasteiger charge is 2.25. The van der Waals surface area contributed by atoms with Crippen molar-refractivity contribution in [1.82, 2.24) is 9.36 Å². The van der Waals surface area contributed by atoms with E-state index in [1.807, 2.05) is 0 Å². The molecule has 0 aromatic carbocycles. The van der Waals surface area contributed by atoms with Crippen LogP contribution in [0.25, 0.3) is 0 Å². The van der Waals surface area contributed by atoms with Crippen molar-refractivity contribution in [1.29, 1.82) is 0 Å². The summed E-state index contributed by atoms with van der Waals surface area (Å²) in [6.45, 7) is 7.41. The van der Waals surface area contributed by atoms with E-state index in [1.54, 1.807) is 0 Å². The van der Waals surface area contributed by atoms with Crippen LogP contribution in [0.15, 0.2) is 0 Å². The summed E-state index contributed by atoms with van der Waals surface area (Å²) in [5, 5.41) is 4.41. The second-order valence-electron chi connectivity index (χ2n) is 6.51. The molecule has 1 aromatic rings. The van der Waals surface area contributed by atoms with E-state index in [-0.39, 0.29) is 5.41 Å². The Kier molecular flexibility index (Phi) is 5.07. The van der Waals surface area contributed by atoms with Gasteiger partial charge in [0.2, 0.25) is 5.13 Å². The second kappa shape index (κ2) is 6.40. The number of rotatable bonds is 4. The minimum absolute atomic E-state index is 0.0277. The first kappa shape index (κ1) is 15.0. The minimum Gasteiger partial charge on any atom is -0.360 e. The van der Waals surface area contributed by atoms with Gasteiger partial charge in [0.15, 0.2) is 0 Å². The van der Waals surface area contributed by atoms with Gasteiger partial charge in [-0.2, -0.15) is 4.37 Å². The van der Waals surface area contributed by atoms with E-state index in [0.29, 0.717) is 11.8 Å². The van der Waals surface area contributed by atoms with Crippen molar-refractivity contribution >= 4 is 28.3 Å². The fourth-order valence-corrected chi connectivity index (χ4v) is 3.74. The van der Waals surface area contributed by atoms with Crippen LogP contribution in [-0.2, 0) is 5.41 Å². The molecule has 19 heavy (non-hydrogen) atoms. The zero-order chi connectivity index (χ0) is 13.9. The van der Waals surface area contributed by atoms with Crippen LogP contribution in [-0.4, -0.2) is 21.8 Å². The van der Waals surface area contributed by atoms with Crippen LogP contribution in [0.2, 0.25) is 0 Å². The van der Waals surface area contributed by atoms with Gasteiger partial charge in [-0.1, -0.05) is 33.6 Å². The lowest BCUT2D eigenvalue weighted by molar-refractivity contribution is 0.272. The zero-order valence-corrected chi connectivity index (χ0v) is 13.7. The maximum absolute atomic E-state index is 6.07. The van der Waals surface area contributed by atoms with Crippen molar-refractivity contribution in [2.24, 2.45) is 11.8 Å². The number of anilines is 1. The molecule has 2 rings (SSSR count). The zero-order valence-electron chi connectivity index (χ0n) is 12.1. The molecule has 1 aliphatic carbocycles. The average Bonchev–Trinajstić information content (AvgIpc) is 2.85. The van der Waals surface area contributed by atoms with Gasteiger partial charge < -0.3 is 5.32 Å². The number of halogens is 1. The van der Waals surface area contributed by atoms with Crippen molar-refractivity contribution in [2.45, 2.75) is 51.9 Å². The summed E-state index contributed by atoms with van der Waals surface area (Å²) in [4.78, 5) is 4.58. The molecule has 1 N–H and O–H groups in total. The molecule has 0 aliphatic heterocycles. The standard InChI is InChI=1S/C14H24ClN3S/c1-14(2,3)12-17-13(19-18-12)16-9-11-7-5-4-6-10(11)8-15/h10-11H,4-9H2,1-3H3,(H,16,17,18). The highest BCUT2D eigenvalue weighted by molar-refractivity contribution is 7.09. The third-order valence-corrected chi connectivity index (χ3v) is 4.95. The van der Waals surface area contributed by atoms with Crippen LogP contribution >= 0.6 is 23.1 Å². The van der Waals surface area contributed by atoms with Crippen LogP contribution in [0.4, 0.5) is 5.13 Å². The van der Waals surface area contributed by atoms with E-state index in [1.165, 1.54) is 37.2 Å². The third-order valence-electron chi connectivity index (χ3n) is 3.88. The Hall–Kier alpha value is -0.350. The SMILES string of the molecule is CC(C)(C)c1nsc(NCC2CCCCC2CCl)n1. The summed E-state index contributed by atoms with van der Waals surface area (Å²) in [5.41, 5.74) is 0.0277. The predicted octanol–water partition coefficient (Wildman–Crippen LogP) is 4.29. The lowest BCUT2D eigenvalue weighted by Crippen LogP contribution is -2.27. The molecular weight excluding hydrogens is 278 g/mol. The summed E-state index contributed by atoms with van der Waals surface area (Å²) in [7, 11) is 0. The average molecular weight is 302 g/mol. The van der Waals surface area contributed by atoms with Gasteiger partial charge in [0.05, 0.1) is 0 Å². The number of alkyl halides is 1. The number of aromatic nitrogens is 2. The van der Waals surface area contributed by atoms with Crippen molar-refractivity contribution in [2.75, 3.05) is 17.7 Å². The fourth-order valence-electron chi connectivity index (χ4n) is 2.57. The lowest BCUT2D eigenvalue weighted by Gasteiger charge is -2.30. The van der Waals surface area contributed by atoms with E-state index in [4.69, 9.17) is 11.6 Å². The molecule has 0 amide bonds. The molecule has 0 bridgehead atoms. The summed E-state index contributed by atoms with van der Waals surface area (Å²) in [5.74, 6) is 3.07. The summed E-state index contributed by atoms with van der Waals surface area (Å²) >= 11 is 7.54. The van der Waals surface area contributed by atoms with E-state index in [9.17, 15) is 0 Å². The number of hydrogen-bond donors (Lipinski definition) is 1. The van der Waals surface area contributed by atoms with Gasteiger partial charge in [0.25, 0.3) is 0 Å². The highest BCUT2D eigenvalue weighted by Crippen LogP contribution is 2.31. The molecule has 0 saturated heterocycles. The molecule has 1 aromatic heterocycles. The number of hydrogen-bond acceptors (Lipinski definition) is 4. The molecule has 0 spiro atoms. The Morgan fingerprint density at radius 3 is 2.53 bits per heavy atom. The number of nitrogens with one attached hydrogen (secondary N) is 1. The Morgan fingerprint density at radius 2 is 1.95 bits per heavy atom. The largest absolute Gasteiger partial charge is 0.360 e. The van der Waals surface area contributed by atoms with E-state index < -0.39 is 0 Å². The van der Waals surface area contributed by atoms with E-state index >= 15 is 0 Å². The van der Waals surface area contributed by atoms with Gasteiger partial charge in [-0.25, -0.2) is 4.98 Å². The molecule has 5 heteroatoms. The summed E-state index contributed by atoms with van der Waals surface area (Å²) in [6, 6.07) is 0. The fraction of sp³-hybridized carbons (Fsp3) is 0.857. The smallest absolute Gasteiger partial charge is 0.202 e. The first-order chi connectivity index (χ1) is 9.00. The maximum atomic E-state index is 6.07. The molecule has 2 atom stereocenters. The van der Waals surface area contributed by atoms with Crippen molar-refractivity contribution in [3.05, 3.63) is 5.82 Å². The molecular formula is C14H24ClN3S. The van der Waals surface area contributed by atoms with Crippen LogP contribution in [0.3, 0.4) is 0 Å². The summed E-state index contributed by atoms with van der Waals surface area (Å²) < 4.78 is 4.43. The van der Waals surface area contributed by atoms with Gasteiger partial charge in [0.1, 0.15) is 5.82 Å². The molecule has 1 aliphatic rings. The molecule has 1 saturated carbocycles. The monoisotopic (exact) mass is 301 g/mol. The predicted molar refractivity (Wildman–Crippen MR) is 83.3 cm³/mol. The Morgan fingerprint density at radius 1 is 1.26 bits per heavy atom. The molecule has 1 fully saturated rings. The second-order valence-corrected chi connectivity index (χ2v) is 7.57. The quantitative estimate of drug-likeness (QED) is 0.843. The van der Waals surface area contributed by atoms with E-state index in [2.05, 4.69) is 35.4 Å². The van der Waals surface area contributed by atoms with Gasteiger partial charge in [-0.3, -0.25) is 0 Å². The Bertz CT molecular complexity index is 400. The van der Waals surface area contributed by atoms with Crippen molar-refractivity contribution in [3.8, 4) is 0 Å². The molecule has 3 nitrogen and oxygen atoms in total. The van der Waals surface area contributed by atoms with Gasteiger partial charge >= 0.3 is 0 Å². The Labute approximate surface area is 125 Å². The lowest BCUT2D eigenvalue weighted by atomic mass is 9.80. The van der Waals surface area contributed by atoms with Crippen LogP contribution in [0, 0.1) is 11.8 Å². The van der Waals surface area contributed by atoms with Crippen LogP contribution in [0.5, 0.6) is 0 Å². The molecule has 108 valence electrons. The van der Waals surface area contributed by atoms with Crippen molar-refractivity contribution < 1.29 is 0 Å². The van der Waals surface area contributed by atoms with Crippen molar-refractivity contribution in [3.63, 3.8) is 0 Å². The highest BCUT2D eigenvalue weighted by atomic mass is 35.5. The van der Waals surface area contributed by atoms with E-state index in [0.717, 1.165) is 23.4 Å². The third kappa shape index (κ3) is 4.06. The Balaban J connectivity index is 1.89. The molecule has 2 unspecified atom stereocenters. The summed E-state index contributed by atoms with van der Waals surface area (Å²) in [6.07, 6.45) is 5.23. The normalized spacial score (nSPS) is 24.4. The topological polar surface area (TPSA) is 37.8 Å². The van der Waals surface area contributed by atoms with Crippen LogP contribution in [0.1, 0.15) is 52.3 Å². The van der Waals surface area contributed by atoms with Gasteiger partial charge in [-0.15, -0.1) is 11.6 Å². The van der Waals surface area contributed by atoms with Crippen LogP contribution < -0.4 is 5.32 Å². The maximum Gasteiger partial charge on any atom is 0.202 e. The first-order valence-corrected chi connectivity index (χ1v) is 8.45. The van der Waals surface area contributed by atoms with Gasteiger partial charge in [-0.05, 0) is 24.7 Å². The molecule has 0 radical (unpaired) electrons. The minimum atomic E-state index is 0.0277. The first-order valence-electron chi connectivity index (χ1n) is 7.14. The number of nitrogens with zero attached hydrogens (tertiary/aromatic N) is 2.